The fourth-order valence-electron chi connectivity index (χ4n) is 5.27. The van der Waals surface area contributed by atoms with Crippen LogP contribution in [-0.2, 0) is 12.8 Å². The molecule has 0 radical (unpaired) electrons. The first-order valence-electron chi connectivity index (χ1n) is 14.1. The highest BCUT2D eigenvalue weighted by Crippen LogP contribution is 2.34. The SMILES string of the molecule is C/C=C/CCCCc1ccc(C#Cc2ccc(CCC3CCC(CCCCC)CC3)cc2)cc1. The van der Waals surface area contributed by atoms with E-state index in [4.69, 9.17) is 0 Å². The van der Waals surface area contributed by atoms with Crippen LogP contribution >= 0.6 is 0 Å². The van der Waals surface area contributed by atoms with Crippen LogP contribution in [0.1, 0.15) is 113 Å². The molecule has 0 N–H and O–H groups in total. The third kappa shape index (κ3) is 9.93. The molecule has 0 atom stereocenters. The Hall–Kier alpha value is -2.26. The van der Waals surface area contributed by atoms with E-state index in [0.29, 0.717) is 0 Å². The van der Waals surface area contributed by atoms with Gasteiger partial charge in [-0.15, -0.1) is 0 Å². The molecule has 1 aliphatic carbocycles. The second kappa shape index (κ2) is 15.6. The number of hydrogen-bond donors (Lipinski definition) is 0. The van der Waals surface area contributed by atoms with Crippen LogP contribution in [0.3, 0.4) is 0 Å². The molecule has 0 saturated heterocycles. The minimum atomic E-state index is 0.943. The molecule has 0 spiro atoms. The molecule has 34 heavy (non-hydrogen) atoms. The first-order valence-corrected chi connectivity index (χ1v) is 14.1. The van der Waals surface area contributed by atoms with Crippen molar-refractivity contribution < 1.29 is 0 Å². The number of unbranched alkanes of at least 4 members (excludes halogenated alkanes) is 4. The summed E-state index contributed by atoms with van der Waals surface area (Å²) in [7, 11) is 0. The van der Waals surface area contributed by atoms with E-state index >= 15 is 0 Å². The zero-order chi connectivity index (χ0) is 23.8. The zero-order valence-electron chi connectivity index (χ0n) is 21.8. The number of benzene rings is 2. The average Bonchev–Trinajstić information content (AvgIpc) is 2.88. The van der Waals surface area contributed by atoms with Gasteiger partial charge in [0, 0.05) is 11.1 Å². The van der Waals surface area contributed by atoms with Crippen LogP contribution in [0.15, 0.2) is 60.7 Å². The maximum Gasteiger partial charge on any atom is 0.0249 e. The van der Waals surface area contributed by atoms with E-state index in [2.05, 4.69) is 86.4 Å². The lowest BCUT2D eigenvalue weighted by Gasteiger charge is -2.28. The van der Waals surface area contributed by atoms with Crippen LogP contribution in [0.4, 0.5) is 0 Å². The molecule has 2 aromatic rings. The molecule has 0 nitrogen and oxygen atoms in total. The smallest absolute Gasteiger partial charge is 0.0249 e. The summed E-state index contributed by atoms with van der Waals surface area (Å²) >= 11 is 0. The monoisotopic (exact) mass is 454 g/mol. The molecule has 0 bridgehead atoms. The predicted octanol–water partition coefficient (Wildman–Crippen LogP) is 9.69. The summed E-state index contributed by atoms with van der Waals surface area (Å²) in [5, 5.41) is 0. The van der Waals surface area contributed by atoms with E-state index in [1.54, 1.807) is 0 Å². The molecule has 0 heterocycles. The Labute approximate surface area is 210 Å². The highest BCUT2D eigenvalue weighted by atomic mass is 14.3. The van der Waals surface area contributed by atoms with Crippen molar-refractivity contribution in [2.24, 2.45) is 11.8 Å². The van der Waals surface area contributed by atoms with Gasteiger partial charge in [0.05, 0.1) is 0 Å². The first kappa shape index (κ1) is 26.3. The Morgan fingerprint density at radius 1 is 0.676 bits per heavy atom. The third-order valence-electron chi connectivity index (χ3n) is 7.60. The van der Waals surface area contributed by atoms with Gasteiger partial charge in [-0.2, -0.15) is 0 Å². The van der Waals surface area contributed by atoms with Crippen LogP contribution < -0.4 is 0 Å². The Balaban J connectivity index is 1.37. The molecule has 0 aromatic heterocycles. The fraction of sp³-hybridized carbons (Fsp3) is 0.529. The molecular formula is C34H46. The Bertz CT molecular complexity index is 880. The largest absolute Gasteiger partial charge is 0.0917 e. The Kier molecular flexibility index (Phi) is 12.1. The molecule has 1 aliphatic rings. The van der Waals surface area contributed by atoms with Gasteiger partial charge < -0.3 is 0 Å². The van der Waals surface area contributed by atoms with E-state index in [0.717, 1.165) is 29.4 Å². The predicted molar refractivity (Wildman–Crippen MR) is 149 cm³/mol. The van der Waals surface area contributed by atoms with E-state index < -0.39 is 0 Å². The van der Waals surface area contributed by atoms with Crippen molar-refractivity contribution in [2.45, 2.75) is 104 Å². The van der Waals surface area contributed by atoms with Gasteiger partial charge in [-0.05, 0) is 92.7 Å². The molecular weight excluding hydrogens is 408 g/mol. The van der Waals surface area contributed by atoms with Crippen LogP contribution in [-0.4, -0.2) is 0 Å². The van der Waals surface area contributed by atoms with E-state index in [1.807, 2.05) is 0 Å². The topological polar surface area (TPSA) is 0 Å². The van der Waals surface area contributed by atoms with Gasteiger partial charge >= 0.3 is 0 Å². The second-order valence-electron chi connectivity index (χ2n) is 10.4. The molecule has 0 amide bonds. The van der Waals surface area contributed by atoms with Crippen molar-refractivity contribution in [1.82, 2.24) is 0 Å². The van der Waals surface area contributed by atoms with Crippen LogP contribution in [0.2, 0.25) is 0 Å². The van der Waals surface area contributed by atoms with Crippen molar-refractivity contribution in [3.63, 3.8) is 0 Å². The van der Waals surface area contributed by atoms with Gasteiger partial charge in [0.2, 0.25) is 0 Å². The lowest BCUT2D eigenvalue weighted by Crippen LogP contribution is -2.15. The average molecular weight is 455 g/mol. The van der Waals surface area contributed by atoms with Gasteiger partial charge in [0.15, 0.2) is 0 Å². The van der Waals surface area contributed by atoms with Crippen molar-refractivity contribution in [3.8, 4) is 11.8 Å². The molecule has 0 heteroatoms. The Morgan fingerprint density at radius 2 is 1.24 bits per heavy atom. The summed E-state index contributed by atoms with van der Waals surface area (Å²) in [4.78, 5) is 0. The van der Waals surface area contributed by atoms with Crippen molar-refractivity contribution in [1.29, 1.82) is 0 Å². The summed E-state index contributed by atoms with van der Waals surface area (Å²) in [5.74, 6) is 8.65. The van der Waals surface area contributed by atoms with E-state index in [1.165, 1.54) is 94.6 Å². The fourth-order valence-corrected chi connectivity index (χ4v) is 5.27. The van der Waals surface area contributed by atoms with Gasteiger partial charge in [-0.25, -0.2) is 0 Å². The number of allylic oxidation sites excluding steroid dienone is 2. The standard InChI is InChI=1S/C34H46/c1-3-5-7-8-10-12-30-15-19-32(20-16-30)22-24-34-27-25-33(26-28-34)23-21-31-17-13-29(14-18-31)11-9-6-4-2/h3,5,15-16,19-20,25-29,31H,4,6-14,17-18,21,23H2,1-2H3/b5-3+. The van der Waals surface area contributed by atoms with Crippen molar-refractivity contribution in [2.75, 3.05) is 0 Å². The van der Waals surface area contributed by atoms with Crippen LogP contribution in [0, 0.1) is 23.7 Å². The van der Waals surface area contributed by atoms with Gasteiger partial charge in [0.25, 0.3) is 0 Å². The highest BCUT2D eigenvalue weighted by Gasteiger charge is 2.20. The maximum atomic E-state index is 3.35. The lowest BCUT2D eigenvalue weighted by atomic mass is 9.78. The molecule has 1 fully saturated rings. The lowest BCUT2D eigenvalue weighted by molar-refractivity contribution is 0.249. The minimum Gasteiger partial charge on any atom is -0.0917 e. The van der Waals surface area contributed by atoms with Gasteiger partial charge in [-0.1, -0.05) is 107 Å². The highest BCUT2D eigenvalue weighted by molar-refractivity contribution is 5.44. The molecule has 0 aliphatic heterocycles. The van der Waals surface area contributed by atoms with E-state index in [-0.39, 0.29) is 0 Å². The first-order chi connectivity index (χ1) is 16.8. The Morgan fingerprint density at radius 3 is 1.79 bits per heavy atom. The molecule has 0 unspecified atom stereocenters. The molecule has 1 saturated carbocycles. The third-order valence-corrected chi connectivity index (χ3v) is 7.60. The number of rotatable bonds is 12. The van der Waals surface area contributed by atoms with Gasteiger partial charge in [-0.3, -0.25) is 0 Å². The zero-order valence-corrected chi connectivity index (χ0v) is 21.8. The number of hydrogen-bond acceptors (Lipinski definition) is 0. The van der Waals surface area contributed by atoms with Gasteiger partial charge in [0.1, 0.15) is 0 Å². The minimum absolute atomic E-state index is 0.943. The quantitative estimate of drug-likeness (QED) is 0.170. The summed E-state index contributed by atoms with van der Waals surface area (Å²) < 4.78 is 0. The maximum absolute atomic E-state index is 3.35. The number of aryl methyl sites for hydroxylation is 2. The summed E-state index contributed by atoms with van der Waals surface area (Å²) in [6.07, 6.45) is 23.4. The normalized spacial score (nSPS) is 18.1. The molecule has 182 valence electrons. The van der Waals surface area contributed by atoms with Crippen LogP contribution in [0.25, 0.3) is 0 Å². The summed E-state index contributed by atoms with van der Waals surface area (Å²) in [6.45, 7) is 4.40. The van der Waals surface area contributed by atoms with Crippen molar-refractivity contribution >= 4 is 0 Å². The summed E-state index contributed by atoms with van der Waals surface area (Å²) in [5.41, 5.74) is 5.10. The van der Waals surface area contributed by atoms with Crippen LogP contribution in [0.5, 0.6) is 0 Å². The molecule has 2 aromatic carbocycles. The molecule has 3 rings (SSSR count). The summed E-state index contributed by atoms with van der Waals surface area (Å²) in [6, 6.07) is 17.8. The van der Waals surface area contributed by atoms with E-state index in [9.17, 15) is 0 Å². The van der Waals surface area contributed by atoms with Crippen molar-refractivity contribution in [3.05, 3.63) is 82.9 Å². The second-order valence-corrected chi connectivity index (χ2v) is 10.4.